The van der Waals surface area contributed by atoms with E-state index in [2.05, 4.69) is 15.2 Å². The Kier molecular flexibility index (Phi) is 7.35. The number of benzene rings is 3. The summed E-state index contributed by atoms with van der Waals surface area (Å²) in [6, 6.07) is 19.0. The second-order valence-electron chi connectivity index (χ2n) is 11.1. The lowest BCUT2D eigenvalue weighted by Gasteiger charge is -2.38. The van der Waals surface area contributed by atoms with Crippen molar-refractivity contribution < 1.29 is 18.7 Å². The van der Waals surface area contributed by atoms with Crippen LogP contribution in [0.2, 0.25) is 0 Å². The number of carbonyl (C=O) groups excluding carboxylic acids is 2. The van der Waals surface area contributed by atoms with Gasteiger partial charge in [-0.15, -0.1) is 0 Å². The number of hydrogen-bond acceptors (Lipinski definition) is 6. The van der Waals surface area contributed by atoms with Crippen molar-refractivity contribution in [3.63, 3.8) is 0 Å². The van der Waals surface area contributed by atoms with Crippen molar-refractivity contribution in [1.29, 1.82) is 0 Å². The second kappa shape index (κ2) is 11.3. The molecular weight excluding hydrogens is 549 g/mol. The number of nitrogens with one attached hydrogen (secondary N) is 1. The fraction of sp³-hybridized carbons (Fsp3) is 0.242. The predicted molar refractivity (Wildman–Crippen MR) is 161 cm³/mol. The molecular formula is C33H30FN5O4. The predicted octanol–water partition coefficient (Wildman–Crippen LogP) is 4.34. The van der Waals surface area contributed by atoms with Crippen molar-refractivity contribution in [2.24, 2.45) is 0 Å². The summed E-state index contributed by atoms with van der Waals surface area (Å²) in [5, 5.41) is 9.70. The van der Waals surface area contributed by atoms with Gasteiger partial charge in [0.15, 0.2) is 5.60 Å². The fourth-order valence-corrected chi connectivity index (χ4v) is 5.51. The standard InChI is InChI=1S/C33H30FN5O4/c1-33(2,43-29-9-5-6-22-20-35-13-12-23(22)29)32(42)39-16-14-38(15-17-39)31(41)26-18-21(10-11-27(26)34)19-28-24-7-3-4-8-25(24)30(40)37-36-28/h3-13,18,20H,14-17,19H2,1-2H3,(H,37,40). The van der Waals surface area contributed by atoms with E-state index < -0.39 is 17.3 Å². The van der Waals surface area contributed by atoms with Gasteiger partial charge in [-0.3, -0.25) is 19.4 Å². The van der Waals surface area contributed by atoms with Crippen LogP contribution in [0.3, 0.4) is 0 Å². The monoisotopic (exact) mass is 579 g/mol. The van der Waals surface area contributed by atoms with E-state index in [4.69, 9.17) is 4.74 Å². The molecule has 218 valence electrons. The first-order valence-electron chi connectivity index (χ1n) is 14.1. The van der Waals surface area contributed by atoms with E-state index in [0.717, 1.165) is 10.8 Å². The molecule has 0 radical (unpaired) electrons. The average molecular weight is 580 g/mol. The maximum atomic E-state index is 14.9. The lowest BCUT2D eigenvalue weighted by Crippen LogP contribution is -2.56. The van der Waals surface area contributed by atoms with Crippen LogP contribution in [-0.4, -0.2) is 68.6 Å². The van der Waals surface area contributed by atoms with Gasteiger partial charge in [-0.25, -0.2) is 9.49 Å². The first-order chi connectivity index (χ1) is 20.7. The molecule has 0 atom stereocenters. The van der Waals surface area contributed by atoms with Gasteiger partial charge in [0.2, 0.25) is 0 Å². The summed E-state index contributed by atoms with van der Waals surface area (Å²) in [6.45, 7) is 4.58. The lowest BCUT2D eigenvalue weighted by molar-refractivity contribution is -0.146. The molecule has 5 aromatic rings. The van der Waals surface area contributed by atoms with Crippen LogP contribution in [0.1, 0.15) is 35.5 Å². The molecule has 1 aliphatic heterocycles. The third-order valence-corrected chi connectivity index (χ3v) is 7.78. The number of pyridine rings is 1. The molecule has 6 rings (SSSR count). The van der Waals surface area contributed by atoms with E-state index in [-0.39, 0.29) is 30.1 Å². The van der Waals surface area contributed by atoms with Crippen molar-refractivity contribution in [2.75, 3.05) is 26.2 Å². The van der Waals surface area contributed by atoms with Gasteiger partial charge in [-0.05, 0) is 49.7 Å². The van der Waals surface area contributed by atoms with Crippen molar-refractivity contribution in [1.82, 2.24) is 25.0 Å². The topological polar surface area (TPSA) is 108 Å². The second-order valence-corrected chi connectivity index (χ2v) is 11.1. The Morgan fingerprint density at radius 2 is 1.67 bits per heavy atom. The molecule has 9 nitrogen and oxygen atoms in total. The molecule has 1 aliphatic rings. The zero-order valence-electron chi connectivity index (χ0n) is 23.8. The molecule has 0 spiro atoms. The number of amides is 2. The minimum absolute atomic E-state index is 0.0416. The number of ether oxygens (including phenoxy) is 1. The highest BCUT2D eigenvalue weighted by Gasteiger charge is 2.37. The third-order valence-electron chi connectivity index (χ3n) is 7.78. The zero-order valence-corrected chi connectivity index (χ0v) is 23.8. The van der Waals surface area contributed by atoms with E-state index in [0.29, 0.717) is 47.3 Å². The summed E-state index contributed by atoms with van der Waals surface area (Å²) in [5.41, 5.74) is -0.166. The van der Waals surface area contributed by atoms with E-state index in [1.54, 1.807) is 54.2 Å². The molecule has 2 aromatic heterocycles. The van der Waals surface area contributed by atoms with Crippen molar-refractivity contribution >= 4 is 33.4 Å². The zero-order chi connectivity index (χ0) is 30.1. The van der Waals surface area contributed by atoms with Crippen LogP contribution in [0.15, 0.2) is 83.9 Å². The van der Waals surface area contributed by atoms with Crippen LogP contribution in [-0.2, 0) is 11.2 Å². The summed E-state index contributed by atoms with van der Waals surface area (Å²) in [7, 11) is 0. The van der Waals surface area contributed by atoms with E-state index in [9.17, 15) is 18.8 Å². The largest absolute Gasteiger partial charge is 0.477 e. The SMILES string of the molecule is CC(C)(Oc1cccc2cnccc12)C(=O)N1CCN(C(=O)c2cc(Cc3n[nH]c(=O)c4ccccc34)ccc2F)CC1. The normalized spacial score (nSPS) is 13.8. The number of carbonyl (C=O) groups is 2. The van der Waals surface area contributed by atoms with Crippen LogP contribution in [0.5, 0.6) is 5.75 Å². The van der Waals surface area contributed by atoms with Crippen molar-refractivity contribution in [2.45, 2.75) is 25.9 Å². The van der Waals surface area contributed by atoms with Crippen molar-refractivity contribution in [3.8, 4) is 5.75 Å². The molecule has 0 saturated carbocycles. The van der Waals surface area contributed by atoms with Gasteiger partial charge in [0.25, 0.3) is 17.4 Å². The number of H-pyrrole nitrogens is 1. The van der Waals surface area contributed by atoms with Gasteiger partial charge in [0.1, 0.15) is 11.6 Å². The smallest absolute Gasteiger partial charge is 0.272 e. The summed E-state index contributed by atoms with van der Waals surface area (Å²) in [4.78, 5) is 46.4. The number of aromatic nitrogens is 3. The van der Waals surface area contributed by atoms with Crippen molar-refractivity contribution in [3.05, 3.63) is 112 Å². The van der Waals surface area contributed by atoms with E-state index in [1.165, 1.54) is 12.1 Å². The lowest BCUT2D eigenvalue weighted by atomic mass is 10.0. The van der Waals surface area contributed by atoms with Gasteiger partial charge in [-0.1, -0.05) is 36.4 Å². The minimum Gasteiger partial charge on any atom is -0.477 e. The molecule has 0 unspecified atom stereocenters. The van der Waals surface area contributed by atoms with Gasteiger partial charge >= 0.3 is 0 Å². The Labute approximate surface area is 246 Å². The van der Waals surface area contributed by atoms with Crippen LogP contribution < -0.4 is 10.3 Å². The Balaban J connectivity index is 1.13. The molecule has 2 amide bonds. The van der Waals surface area contributed by atoms with Gasteiger partial charge in [0, 0.05) is 61.2 Å². The first-order valence-corrected chi connectivity index (χ1v) is 14.1. The number of fused-ring (bicyclic) bond motifs is 2. The quantitative estimate of drug-likeness (QED) is 0.321. The summed E-state index contributed by atoms with van der Waals surface area (Å²) in [6.07, 6.45) is 3.73. The number of piperazine rings is 1. The molecule has 1 fully saturated rings. The van der Waals surface area contributed by atoms with Crippen LogP contribution >= 0.6 is 0 Å². The van der Waals surface area contributed by atoms with E-state index in [1.807, 2.05) is 36.4 Å². The fourth-order valence-electron chi connectivity index (χ4n) is 5.51. The van der Waals surface area contributed by atoms with E-state index >= 15 is 0 Å². The third kappa shape index (κ3) is 5.55. The maximum Gasteiger partial charge on any atom is 0.272 e. The Morgan fingerprint density at radius 1 is 0.930 bits per heavy atom. The van der Waals surface area contributed by atoms with Crippen LogP contribution in [0.25, 0.3) is 21.5 Å². The molecule has 1 N–H and O–H groups in total. The molecule has 10 heteroatoms. The minimum atomic E-state index is -1.15. The first kappa shape index (κ1) is 28.0. The summed E-state index contributed by atoms with van der Waals surface area (Å²) < 4.78 is 21.1. The molecule has 3 heterocycles. The van der Waals surface area contributed by atoms with Crippen LogP contribution in [0, 0.1) is 5.82 Å². The van der Waals surface area contributed by atoms with Gasteiger partial charge < -0.3 is 14.5 Å². The maximum absolute atomic E-state index is 14.9. The number of aromatic amines is 1. The highest BCUT2D eigenvalue weighted by Crippen LogP contribution is 2.29. The summed E-state index contributed by atoms with van der Waals surface area (Å²) >= 11 is 0. The Hall–Kier alpha value is -5.12. The number of nitrogens with zero attached hydrogens (tertiary/aromatic N) is 4. The molecule has 3 aromatic carbocycles. The highest BCUT2D eigenvalue weighted by atomic mass is 19.1. The van der Waals surface area contributed by atoms with Gasteiger partial charge in [-0.2, -0.15) is 5.10 Å². The number of rotatable bonds is 6. The highest BCUT2D eigenvalue weighted by molar-refractivity contribution is 5.95. The van der Waals surface area contributed by atoms with Gasteiger partial charge in [0.05, 0.1) is 16.6 Å². The van der Waals surface area contributed by atoms with Crippen LogP contribution in [0.4, 0.5) is 4.39 Å². The Morgan fingerprint density at radius 3 is 2.47 bits per heavy atom. The number of hydrogen-bond donors (Lipinski definition) is 1. The Bertz CT molecular complexity index is 1910. The molecule has 0 aliphatic carbocycles. The molecule has 43 heavy (non-hydrogen) atoms. The average Bonchev–Trinajstić information content (AvgIpc) is 3.03. The summed E-state index contributed by atoms with van der Waals surface area (Å²) in [5.74, 6) is -0.663. The molecule has 0 bridgehead atoms. The molecule has 1 saturated heterocycles. The number of halogens is 1.